The summed E-state index contributed by atoms with van der Waals surface area (Å²) >= 11 is 0. The van der Waals surface area contributed by atoms with Gasteiger partial charge in [-0.3, -0.25) is 4.79 Å². The molecule has 3 atom stereocenters. The molecular weight excluding hydrogens is 406 g/mol. The third-order valence-electron chi connectivity index (χ3n) is 6.91. The summed E-state index contributed by atoms with van der Waals surface area (Å²) in [6.07, 6.45) is 7.81. The van der Waals surface area contributed by atoms with E-state index in [1.165, 1.54) is 12.7 Å². The number of aromatic hydroxyl groups is 1. The molecule has 0 spiro atoms. The van der Waals surface area contributed by atoms with Crippen LogP contribution >= 0.6 is 0 Å². The monoisotopic (exact) mass is 443 g/mol. The van der Waals surface area contributed by atoms with E-state index in [9.17, 15) is 14.7 Å². The van der Waals surface area contributed by atoms with Gasteiger partial charge < -0.3 is 19.9 Å². The van der Waals surface area contributed by atoms with Crippen LogP contribution in [0.3, 0.4) is 0 Å². The molecule has 1 aromatic rings. The molecular formula is C26H37NO5. The van der Waals surface area contributed by atoms with Gasteiger partial charge in [0, 0.05) is 17.4 Å². The summed E-state index contributed by atoms with van der Waals surface area (Å²) in [4.78, 5) is 25.1. The Kier molecular flexibility index (Phi) is 7.21. The van der Waals surface area contributed by atoms with Gasteiger partial charge in [0.1, 0.15) is 23.1 Å². The molecule has 2 aliphatic rings. The topological polar surface area (TPSA) is 84.9 Å². The number of amides is 1. The predicted molar refractivity (Wildman–Crippen MR) is 124 cm³/mol. The van der Waals surface area contributed by atoms with Gasteiger partial charge >= 0.3 is 5.97 Å². The summed E-state index contributed by atoms with van der Waals surface area (Å²) in [5.41, 5.74) is 2.59. The number of methoxy groups -OCH3 is 1. The predicted octanol–water partition coefficient (Wildman–Crippen LogP) is 5.03. The average Bonchev–Trinajstić information content (AvgIpc) is 2.72. The summed E-state index contributed by atoms with van der Waals surface area (Å²) < 4.78 is 11.2. The summed E-state index contributed by atoms with van der Waals surface area (Å²) in [6, 6.07) is 1.12. The van der Waals surface area contributed by atoms with Crippen molar-refractivity contribution in [2.45, 2.75) is 90.7 Å². The second kappa shape index (κ2) is 9.55. The lowest BCUT2D eigenvalue weighted by molar-refractivity contribution is -0.142. The van der Waals surface area contributed by atoms with Crippen LogP contribution in [-0.2, 0) is 16.0 Å². The average molecular weight is 444 g/mol. The quantitative estimate of drug-likeness (QED) is 0.351. The lowest BCUT2D eigenvalue weighted by Gasteiger charge is -2.46. The SMILES string of the molecule is CCCCCc1cc2c(c(O)c1C(=O)N[C@@H](C)C(=O)OC)C1C=C(C)CCC1C(C)(C)O2. The van der Waals surface area contributed by atoms with E-state index in [1.807, 2.05) is 6.07 Å². The number of carbonyl (C=O) groups is 2. The number of hydrogen-bond donors (Lipinski definition) is 2. The summed E-state index contributed by atoms with van der Waals surface area (Å²) in [5.74, 6) is -0.173. The Hall–Kier alpha value is -2.50. The fourth-order valence-electron chi connectivity index (χ4n) is 5.13. The highest BCUT2D eigenvalue weighted by Gasteiger charge is 2.46. The van der Waals surface area contributed by atoms with Gasteiger partial charge in [0.15, 0.2) is 0 Å². The Morgan fingerprint density at radius 3 is 2.72 bits per heavy atom. The highest BCUT2D eigenvalue weighted by molar-refractivity contribution is 6.01. The smallest absolute Gasteiger partial charge is 0.328 e. The molecule has 3 rings (SSSR count). The summed E-state index contributed by atoms with van der Waals surface area (Å²) in [5, 5.41) is 14.2. The Morgan fingerprint density at radius 2 is 2.06 bits per heavy atom. The van der Waals surface area contributed by atoms with Crippen molar-refractivity contribution in [1.29, 1.82) is 0 Å². The normalized spacial score (nSPS) is 22.0. The first kappa shape index (κ1) is 24.1. The van der Waals surface area contributed by atoms with Crippen molar-refractivity contribution < 1.29 is 24.2 Å². The molecule has 0 saturated heterocycles. The van der Waals surface area contributed by atoms with Crippen molar-refractivity contribution in [3.63, 3.8) is 0 Å². The number of fused-ring (bicyclic) bond motifs is 3. The number of phenolic OH excluding ortho intramolecular Hbond substituents is 1. The zero-order valence-corrected chi connectivity index (χ0v) is 20.2. The minimum Gasteiger partial charge on any atom is -0.507 e. The maximum atomic E-state index is 13.3. The molecule has 1 aliphatic carbocycles. The van der Waals surface area contributed by atoms with Crippen molar-refractivity contribution in [3.8, 4) is 11.5 Å². The molecule has 32 heavy (non-hydrogen) atoms. The van der Waals surface area contributed by atoms with Crippen LogP contribution in [0.15, 0.2) is 17.7 Å². The lowest BCUT2D eigenvalue weighted by atomic mass is 9.67. The Bertz CT molecular complexity index is 917. The maximum Gasteiger partial charge on any atom is 0.328 e. The van der Waals surface area contributed by atoms with E-state index in [4.69, 9.17) is 9.47 Å². The molecule has 0 fully saturated rings. The molecule has 6 heteroatoms. The Morgan fingerprint density at radius 1 is 1.34 bits per heavy atom. The first-order chi connectivity index (χ1) is 15.1. The number of nitrogens with one attached hydrogen (secondary N) is 1. The molecule has 0 saturated carbocycles. The van der Waals surface area contributed by atoms with Crippen LogP contribution in [0.5, 0.6) is 11.5 Å². The molecule has 0 aromatic heterocycles. The van der Waals surface area contributed by atoms with Crippen LogP contribution in [0.25, 0.3) is 0 Å². The van der Waals surface area contributed by atoms with Crippen molar-refractivity contribution in [2.75, 3.05) is 7.11 Å². The second-order valence-electron chi connectivity index (χ2n) is 9.74. The van der Waals surface area contributed by atoms with E-state index in [1.54, 1.807) is 6.92 Å². The van der Waals surface area contributed by atoms with Crippen LogP contribution in [0.2, 0.25) is 0 Å². The first-order valence-corrected chi connectivity index (χ1v) is 11.7. The zero-order chi connectivity index (χ0) is 23.6. The molecule has 1 aliphatic heterocycles. The minimum atomic E-state index is -0.814. The summed E-state index contributed by atoms with van der Waals surface area (Å²) in [7, 11) is 1.29. The molecule has 1 aromatic carbocycles. The molecule has 0 radical (unpaired) electrons. The van der Waals surface area contributed by atoms with Crippen LogP contribution in [0, 0.1) is 5.92 Å². The van der Waals surface area contributed by atoms with E-state index in [2.05, 4.69) is 39.1 Å². The van der Waals surface area contributed by atoms with Gasteiger partial charge in [-0.05, 0) is 65.0 Å². The Labute approximate surface area is 191 Å². The van der Waals surface area contributed by atoms with Crippen LogP contribution in [-0.4, -0.2) is 35.7 Å². The molecule has 1 amide bonds. The fraction of sp³-hybridized carbons (Fsp3) is 0.615. The highest BCUT2D eigenvalue weighted by atomic mass is 16.5. The van der Waals surface area contributed by atoms with E-state index in [0.717, 1.165) is 37.7 Å². The number of allylic oxidation sites excluding steroid dienone is 2. The van der Waals surface area contributed by atoms with Crippen molar-refractivity contribution in [3.05, 3.63) is 34.4 Å². The largest absolute Gasteiger partial charge is 0.507 e. The van der Waals surface area contributed by atoms with Gasteiger partial charge in [-0.1, -0.05) is 31.4 Å². The summed E-state index contributed by atoms with van der Waals surface area (Å²) in [6.45, 7) is 10.0. The minimum absolute atomic E-state index is 0.0169. The highest BCUT2D eigenvalue weighted by Crippen LogP contribution is 2.54. The third-order valence-corrected chi connectivity index (χ3v) is 6.91. The van der Waals surface area contributed by atoms with Crippen molar-refractivity contribution in [1.82, 2.24) is 5.32 Å². The van der Waals surface area contributed by atoms with Gasteiger partial charge in [0.2, 0.25) is 0 Å². The van der Waals surface area contributed by atoms with Crippen molar-refractivity contribution >= 4 is 11.9 Å². The lowest BCUT2D eigenvalue weighted by Crippen LogP contribution is -2.45. The second-order valence-corrected chi connectivity index (χ2v) is 9.74. The van der Waals surface area contributed by atoms with E-state index < -0.39 is 17.9 Å². The number of carbonyl (C=O) groups excluding carboxylic acids is 2. The van der Waals surface area contributed by atoms with E-state index in [0.29, 0.717) is 17.7 Å². The number of rotatable bonds is 7. The number of esters is 1. The molecule has 2 unspecified atom stereocenters. The standard InChI is InChI=1S/C26H37NO5/c1-7-8-9-10-17-14-20-22(18-13-15(2)11-12-19(18)26(4,5)32-20)23(28)21(17)24(29)27-16(3)25(30)31-6/h13-14,16,18-19,28H,7-12H2,1-6H3,(H,27,29)/t16-,18?,19?/m0/s1. The van der Waals surface area contributed by atoms with Crippen molar-refractivity contribution in [2.24, 2.45) is 5.92 Å². The number of hydrogen-bond acceptors (Lipinski definition) is 5. The van der Waals surface area contributed by atoms with Gasteiger partial charge in [0.25, 0.3) is 5.91 Å². The van der Waals surface area contributed by atoms with E-state index in [-0.39, 0.29) is 28.7 Å². The fourth-order valence-corrected chi connectivity index (χ4v) is 5.13. The van der Waals surface area contributed by atoms with Crippen LogP contribution < -0.4 is 10.1 Å². The van der Waals surface area contributed by atoms with Gasteiger partial charge in [-0.15, -0.1) is 0 Å². The molecule has 176 valence electrons. The van der Waals surface area contributed by atoms with Gasteiger partial charge in [-0.2, -0.15) is 0 Å². The van der Waals surface area contributed by atoms with Gasteiger partial charge in [0.05, 0.1) is 12.7 Å². The number of phenols is 1. The molecule has 0 bridgehead atoms. The maximum absolute atomic E-state index is 13.3. The molecule has 2 N–H and O–H groups in total. The Balaban J connectivity index is 2.11. The molecule has 6 nitrogen and oxygen atoms in total. The van der Waals surface area contributed by atoms with Gasteiger partial charge in [-0.25, -0.2) is 4.79 Å². The number of unbranched alkanes of at least 4 members (excludes halogenated alkanes) is 2. The third kappa shape index (κ3) is 4.64. The zero-order valence-electron chi connectivity index (χ0n) is 20.2. The van der Waals surface area contributed by atoms with Crippen LogP contribution in [0.4, 0.5) is 0 Å². The first-order valence-electron chi connectivity index (χ1n) is 11.7. The number of ether oxygens (including phenoxy) is 2. The molecule has 1 heterocycles. The number of aryl methyl sites for hydroxylation is 1. The van der Waals surface area contributed by atoms with E-state index >= 15 is 0 Å². The van der Waals surface area contributed by atoms with Crippen LogP contribution in [0.1, 0.15) is 94.1 Å². The number of benzene rings is 1.